The summed E-state index contributed by atoms with van der Waals surface area (Å²) in [5.41, 5.74) is 0.634. The Balaban J connectivity index is 1.64. The summed E-state index contributed by atoms with van der Waals surface area (Å²) >= 11 is 0. The van der Waals surface area contributed by atoms with Crippen molar-refractivity contribution >= 4 is 21.6 Å². The summed E-state index contributed by atoms with van der Waals surface area (Å²) in [5.74, 6) is 0.968. The number of hydrogen-bond acceptors (Lipinski definition) is 3. The molecule has 2 aliphatic rings. The van der Waals surface area contributed by atoms with Crippen LogP contribution < -0.4 is 10.0 Å². The van der Waals surface area contributed by atoms with E-state index in [-0.39, 0.29) is 22.8 Å². The van der Waals surface area contributed by atoms with Gasteiger partial charge in [-0.3, -0.25) is 4.79 Å². The highest BCUT2D eigenvalue weighted by molar-refractivity contribution is 7.89. The number of rotatable bonds is 6. The van der Waals surface area contributed by atoms with Crippen LogP contribution in [0.4, 0.5) is 5.69 Å². The SMILES string of the molecule is CC[C@H](C)NS(=O)(=O)c1ccc(NC(=O)[C@@H]2C[C@H]3C=C[C@H]2C3)cc1. The maximum Gasteiger partial charge on any atom is 0.240 e. The minimum absolute atomic E-state index is 0.0280. The molecule has 2 aliphatic carbocycles. The molecule has 5 nitrogen and oxygen atoms in total. The molecule has 1 saturated carbocycles. The number of nitrogens with one attached hydrogen (secondary N) is 2. The van der Waals surface area contributed by atoms with Gasteiger partial charge < -0.3 is 5.32 Å². The fourth-order valence-electron chi connectivity index (χ4n) is 3.45. The number of sulfonamides is 1. The lowest BCUT2D eigenvalue weighted by atomic mass is 9.93. The van der Waals surface area contributed by atoms with Crippen LogP contribution in [-0.2, 0) is 14.8 Å². The maximum atomic E-state index is 12.4. The fourth-order valence-corrected chi connectivity index (χ4v) is 4.78. The molecule has 0 saturated heterocycles. The van der Waals surface area contributed by atoms with Crippen molar-refractivity contribution in [2.75, 3.05) is 5.32 Å². The smallest absolute Gasteiger partial charge is 0.240 e. The van der Waals surface area contributed by atoms with Crippen molar-refractivity contribution in [1.29, 1.82) is 0 Å². The fraction of sp³-hybridized carbons (Fsp3) is 0.500. The average Bonchev–Trinajstić information content (AvgIpc) is 3.18. The van der Waals surface area contributed by atoms with Crippen LogP contribution in [-0.4, -0.2) is 20.4 Å². The van der Waals surface area contributed by atoms with E-state index in [0.717, 1.165) is 19.3 Å². The minimum Gasteiger partial charge on any atom is -0.326 e. The van der Waals surface area contributed by atoms with Crippen LogP contribution in [0.1, 0.15) is 33.1 Å². The predicted molar refractivity (Wildman–Crippen MR) is 94.0 cm³/mol. The van der Waals surface area contributed by atoms with Gasteiger partial charge >= 0.3 is 0 Å². The highest BCUT2D eigenvalue weighted by Gasteiger charge is 2.39. The van der Waals surface area contributed by atoms with Gasteiger partial charge in [0.05, 0.1) is 4.90 Å². The lowest BCUT2D eigenvalue weighted by Crippen LogP contribution is -2.32. The summed E-state index contributed by atoms with van der Waals surface area (Å²) in [5, 5.41) is 2.91. The van der Waals surface area contributed by atoms with Crippen LogP contribution >= 0.6 is 0 Å². The molecule has 130 valence electrons. The minimum atomic E-state index is -3.51. The van der Waals surface area contributed by atoms with Gasteiger partial charge in [-0.15, -0.1) is 0 Å². The predicted octanol–water partition coefficient (Wildman–Crippen LogP) is 2.91. The van der Waals surface area contributed by atoms with Crippen molar-refractivity contribution in [3.8, 4) is 0 Å². The Morgan fingerprint density at radius 2 is 1.92 bits per heavy atom. The van der Waals surface area contributed by atoms with Gasteiger partial charge in [-0.05, 0) is 62.3 Å². The molecule has 1 fully saturated rings. The Morgan fingerprint density at radius 1 is 1.21 bits per heavy atom. The molecule has 0 radical (unpaired) electrons. The van der Waals surface area contributed by atoms with Crippen LogP contribution in [0, 0.1) is 17.8 Å². The first kappa shape index (κ1) is 17.2. The third-order valence-electron chi connectivity index (χ3n) is 5.02. The second kappa shape index (κ2) is 6.69. The van der Waals surface area contributed by atoms with Gasteiger partial charge in [-0.2, -0.15) is 0 Å². The summed E-state index contributed by atoms with van der Waals surface area (Å²) in [6.45, 7) is 3.76. The summed E-state index contributed by atoms with van der Waals surface area (Å²) in [6, 6.07) is 6.24. The van der Waals surface area contributed by atoms with Crippen LogP contribution in [0.25, 0.3) is 0 Å². The Bertz CT molecular complexity index is 740. The lowest BCUT2D eigenvalue weighted by Gasteiger charge is -2.18. The molecule has 1 amide bonds. The second-order valence-electron chi connectivity index (χ2n) is 6.83. The summed E-state index contributed by atoms with van der Waals surface area (Å²) < 4.78 is 27.1. The zero-order valence-electron chi connectivity index (χ0n) is 14.0. The standard InChI is InChI=1S/C18H24N2O3S/c1-3-12(2)20-24(22,23)16-8-6-15(7-9-16)19-18(21)17-11-13-4-5-14(17)10-13/h4-9,12-14,17,20H,3,10-11H2,1-2H3,(H,19,21)/t12-,13-,14-,17+/m0/s1. The molecule has 0 aliphatic heterocycles. The number of anilines is 1. The number of amides is 1. The highest BCUT2D eigenvalue weighted by atomic mass is 32.2. The molecular formula is C18H24N2O3S. The molecular weight excluding hydrogens is 324 g/mol. The van der Waals surface area contributed by atoms with E-state index in [1.54, 1.807) is 12.1 Å². The molecule has 4 atom stereocenters. The molecule has 1 aromatic rings. The van der Waals surface area contributed by atoms with Gasteiger partial charge in [0.1, 0.15) is 0 Å². The van der Waals surface area contributed by atoms with Crippen LogP contribution in [0.3, 0.4) is 0 Å². The maximum absolute atomic E-state index is 12.4. The van der Waals surface area contributed by atoms with Crippen molar-refractivity contribution in [2.24, 2.45) is 17.8 Å². The number of hydrogen-bond donors (Lipinski definition) is 2. The first-order valence-corrected chi connectivity index (χ1v) is 9.99. The molecule has 0 spiro atoms. The van der Waals surface area contributed by atoms with Crippen molar-refractivity contribution in [1.82, 2.24) is 4.72 Å². The molecule has 1 aromatic carbocycles. The van der Waals surface area contributed by atoms with Crippen molar-refractivity contribution < 1.29 is 13.2 Å². The second-order valence-corrected chi connectivity index (χ2v) is 8.54. The first-order valence-electron chi connectivity index (χ1n) is 8.50. The van der Waals surface area contributed by atoms with Gasteiger partial charge in [-0.25, -0.2) is 13.1 Å². The molecule has 3 rings (SSSR count). The van der Waals surface area contributed by atoms with Gasteiger partial charge in [-0.1, -0.05) is 19.1 Å². The Morgan fingerprint density at radius 3 is 2.46 bits per heavy atom. The number of carbonyl (C=O) groups excluding carboxylic acids is 1. The zero-order valence-corrected chi connectivity index (χ0v) is 14.8. The van der Waals surface area contributed by atoms with Crippen molar-refractivity contribution in [3.63, 3.8) is 0 Å². The Hall–Kier alpha value is -1.66. The Labute approximate surface area is 143 Å². The highest BCUT2D eigenvalue weighted by Crippen LogP contribution is 2.43. The van der Waals surface area contributed by atoms with Crippen molar-refractivity contribution in [3.05, 3.63) is 36.4 Å². The van der Waals surface area contributed by atoms with Crippen LogP contribution in [0.15, 0.2) is 41.3 Å². The molecule has 2 bridgehead atoms. The van der Waals surface area contributed by atoms with E-state index >= 15 is 0 Å². The largest absolute Gasteiger partial charge is 0.326 e. The molecule has 0 heterocycles. The van der Waals surface area contributed by atoms with Gasteiger partial charge in [0.25, 0.3) is 0 Å². The third kappa shape index (κ3) is 3.54. The first-order chi connectivity index (χ1) is 11.4. The molecule has 6 heteroatoms. The van der Waals surface area contributed by atoms with Crippen molar-refractivity contribution in [2.45, 2.75) is 44.0 Å². The Kier molecular flexibility index (Phi) is 4.78. The number of fused-ring (bicyclic) bond motifs is 2. The number of benzene rings is 1. The van der Waals surface area contributed by atoms with Gasteiger partial charge in [0.15, 0.2) is 0 Å². The summed E-state index contributed by atoms with van der Waals surface area (Å²) in [6.07, 6.45) is 7.08. The number of carbonyl (C=O) groups is 1. The van der Waals surface area contributed by atoms with Crippen LogP contribution in [0.5, 0.6) is 0 Å². The third-order valence-corrected chi connectivity index (χ3v) is 6.62. The summed E-state index contributed by atoms with van der Waals surface area (Å²) in [7, 11) is -3.51. The van der Waals surface area contributed by atoms with E-state index in [2.05, 4.69) is 22.2 Å². The topological polar surface area (TPSA) is 75.3 Å². The van der Waals surface area contributed by atoms with E-state index < -0.39 is 10.0 Å². The quantitative estimate of drug-likeness (QED) is 0.776. The van der Waals surface area contributed by atoms with E-state index in [1.165, 1.54) is 12.1 Å². The molecule has 24 heavy (non-hydrogen) atoms. The molecule has 0 unspecified atom stereocenters. The number of allylic oxidation sites excluding steroid dienone is 2. The molecule has 0 aromatic heterocycles. The normalized spacial score (nSPS) is 26.5. The molecule has 2 N–H and O–H groups in total. The van der Waals surface area contributed by atoms with E-state index in [9.17, 15) is 13.2 Å². The van der Waals surface area contributed by atoms with Gasteiger partial charge in [0.2, 0.25) is 15.9 Å². The average molecular weight is 348 g/mol. The van der Waals surface area contributed by atoms with E-state index in [0.29, 0.717) is 17.5 Å². The summed E-state index contributed by atoms with van der Waals surface area (Å²) in [4.78, 5) is 12.6. The lowest BCUT2D eigenvalue weighted by molar-refractivity contribution is -0.120. The van der Waals surface area contributed by atoms with E-state index in [4.69, 9.17) is 0 Å². The van der Waals surface area contributed by atoms with Crippen LogP contribution in [0.2, 0.25) is 0 Å². The monoisotopic (exact) mass is 348 g/mol. The van der Waals surface area contributed by atoms with Gasteiger partial charge in [0, 0.05) is 17.6 Å². The van der Waals surface area contributed by atoms with E-state index in [1.807, 2.05) is 13.8 Å². The zero-order chi connectivity index (χ0) is 17.3.